The molecule has 1 rings (SSSR count). The normalized spacial score (nSPS) is 12.3. The average Bonchev–Trinajstić information content (AvgIpc) is 2.78. The van der Waals surface area contributed by atoms with E-state index in [0.29, 0.717) is 31.7 Å². The third-order valence-electron chi connectivity index (χ3n) is 4.37. The maximum absolute atomic E-state index is 12.0. The number of carbonyl (C=O) groups excluding carboxylic acids is 2. The molecule has 25 heavy (non-hydrogen) atoms. The fraction of sp³-hybridized carbons (Fsp3) is 0.737. The predicted molar refractivity (Wildman–Crippen MR) is 100 cm³/mol. The molecule has 1 atom stereocenters. The second-order valence-corrected chi connectivity index (χ2v) is 7.20. The van der Waals surface area contributed by atoms with Crippen molar-refractivity contribution in [2.24, 2.45) is 5.92 Å². The highest BCUT2D eigenvalue weighted by Crippen LogP contribution is 2.16. The molecule has 0 aromatic carbocycles. The molecule has 0 fully saturated rings. The minimum Gasteiger partial charge on any atom is -0.356 e. The Bertz CT molecular complexity index is 578. The Morgan fingerprint density at radius 3 is 2.40 bits per heavy atom. The van der Waals surface area contributed by atoms with Gasteiger partial charge >= 0.3 is 0 Å². The zero-order chi connectivity index (χ0) is 19.0. The van der Waals surface area contributed by atoms with Crippen LogP contribution in [0.25, 0.3) is 0 Å². The van der Waals surface area contributed by atoms with Crippen LogP contribution >= 0.6 is 0 Å². The smallest absolute Gasteiger partial charge is 0.221 e. The third kappa shape index (κ3) is 7.28. The Labute approximate surface area is 151 Å². The number of aryl methyl sites for hydroxylation is 1. The molecule has 6 heteroatoms. The molecule has 1 heterocycles. The van der Waals surface area contributed by atoms with Gasteiger partial charge in [-0.05, 0) is 45.1 Å². The van der Waals surface area contributed by atoms with Crippen LogP contribution in [0.1, 0.15) is 63.9 Å². The largest absolute Gasteiger partial charge is 0.356 e. The highest BCUT2D eigenvalue weighted by Gasteiger charge is 2.14. The maximum Gasteiger partial charge on any atom is 0.221 e. The van der Waals surface area contributed by atoms with E-state index in [0.717, 1.165) is 29.9 Å². The van der Waals surface area contributed by atoms with Gasteiger partial charge in [0.25, 0.3) is 0 Å². The summed E-state index contributed by atoms with van der Waals surface area (Å²) in [6.45, 7) is 13.7. The van der Waals surface area contributed by atoms with Crippen molar-refractivity contribution in [3.8, 4) is 0 Å². The van der Waals surface area contributed by atoms with Crippen molar-refractivity contribution in [1.29, 1.82) is 0 Å². The van der Waals surface area contributed by atoms with Gasteiger partial charge in [0.2, 0.25) is 11.8 Å². The van der Waals surface area contributed by atoms with Gasteiger partial charge in [0.05, 0.1) is 5.69 Å². The summed E-state index contributed by atoms with van der Waals surface area (Å²) in [5.41, 5.74) is 3.30. The predicted octanol–water partition coefficient (Wildman–Crippen LogP) is 2.51. The van der Waals surface area contributed by atoms with Crippen LogP contribution < -0.4 is 10.6 Å². The molecular formula is C19H34N4O2. The van der Waals surface area contributed by atoms with Crippen molar-refractivity contribution in [1.82, 2.24) is 20.4 Å². The molecule has 0 aliphatic heterocycles. The number of hydrogen-bond acceptors (Lipinski definition) is 3. The Morgan fingerprint density at radius 1 is 1.12 bits per heavy atom. The van der Waals surface area contributed by atoms with Gasteiger partial charge in [0.1, 0.15) is 0 Å². The number of amides is 2. The fourth-order valence-electron chi connectivity index (χ4n) is 2.71. The minimum absolute atomic E-state index is 0.0173. The number of carbonyl (C=O) groups is 2. The Balaban J connectivity index is 2.39. The van der Waals surface area contributed by atoms with Crippen LogP contribution in [0.2, 0.25) is 0 Å². The molecule has 0 saturated heterocycles. The maximum atomic E-state index is 12.0. The molecule has 6 nitrogen and oxygen atoms in total. The van der Waals surface area contributed by atoms with Crippen molar-refractivity contribution in [3.05, 3.63) is 17.0 Å². The highest BCUT2D eigenvalue weighted by molar-refractivity contribution is 5.79. The van der Waals surface area contributed by atoms with Gasteiger partial charge < -0.3 is 10.6 Å². The summed E-state index contributed by atoms with van der Waals surface area (Å²) in [7, 11) is 0. The average molecular weight is 351 g/mol. The van der Waals surface area contributed by atoms with E-state index in [1.807, 2.05) is 25.5 Å². The van der Waals surface area contributed by atoms with Gasteiger partial charge in [0, 0.05) is 37.7 Å². The van der Waals surface area contributed by atoms with Gasteiger partial charge in [0.15, 0.2) is 0 Å². The molecule has 142 valence electrons. The molecule has 0 spiro atoms. The lowest BCUT2D eigenvalue weighted by atomic mass is 10.1. The summed E-state index contributed by atoms with van der Waals surface area (Å²) in [5.74, 6) is 0.499. The van der Waals surface area contributed by atoms with Crippen LogP contribution in [-0.4, -0.2) is 34.2 Å². The van der Waals surface area contributed by atoms with Gasteiger partial charge in [-0.1, -0.05) is 20.8 Å². The van der Waals surface area contributed by atoms with Gasteiger partial charge in [-0.25, -0.2) is 0 Å². The van der Waals surface area contributed by atoms with Crippen molar-refractivity contribution >= 4 is 11.8 Å². The lowest BCUT2D eigenvalue weighted by Crippen LogP contribution is -2.35. The Morgan fingerprint density at radius 2 is 1.80 bits per heavy atom. The molecule has 2 amide bonds. The Kier molecular flexibility index (Phi) is 8.66. The van der Waals surface area contributed by atoms with Crippen LogP contribution in [-0.2, 0) is 22.6 Å². The van der Waals surface area contributed by atoms with Crippen molar-refractivity contribution in [2.45, 2.75) is 79.8 Å². The third-order valence-corrected chi connectivity index (χ3v) is 4.37. The van der Waals surface area contributed by atoms with Crippen molar-refractivity contribution in [3.63, 3.8) is 0 Å². The first-order chi connectivity index (χ1) is 11.7. The number of hydrogen-bond donors (Lipinski definition) is 2. The van der Waals surface area contributed by atoms with Crippen molar-refractivity contribution in [2.75, 3.05) is 6.54 Å². The van der Waals surface area contributed by atoms with E-state index in [1.165, 1.54) is 0 Å². The standard InChI is InChI=1S/C19H34N4O2/c1-7-14(4)21-19(25)10-11-20-18(24)9-8-17-15(5)22-23(16(17)6)12-13(2)3/h13-14H,7-12H2,1-6H3,(H,20,24)(H,21,25). The van der Waals surface area contributed by atoms with E-state index in [4.69, 9.17) is 0 Å². The fourth-order valence-corrected chi connectivity index (χ4v) is 2.71. The Hall–Kier alpha value is -1.85. The summed E-state index contributed by atoms with van der Waals surface area (Å²) in [6.07, 6.45) is 2.32. The summed E-state index contributed by atoms with van der Waals surface area (Å²) >= 11 is 0. The number of nitrogens with zero attached hydrogens (tertiary/aromatic N) is 2. The monoisotopic (exact) mass is 350 g/mol. The summed E-state index contributed by atoms with van der Waals surface area (Å²) < 4.78 is 2.03. The molecule has 2 N–H and O–H groups in total. The molecule has 0 saturated carbocycles. The lowest BCUT2D eigenvalue weighted by Gasteiger charge is -2.11. The number of aromatic nitrogens is 2. The molecule has 0 bridgehead atoms. The number of nitrogens with one attached hydrogen (secondary N) is 2. The molecule has 1 unspecified atom stereocenters. The second kappa shape index (κ2) is 10.2. The molecular weight excluding hydrogens is 316 g/mol. The molecule has 0 aliphatic rings. The van der Waals surface area contributed by atoms with E-state index in [-0.39, 0.29) is 17.9 Å². The zero-order valence-electron chi connectivity index (χ0n) is 16.6. The summed E-state index contributed by atoms with van der Waals surface area (Å²) in [4.78, 5) is 23.7. The quantitative estimate of drug-likeness (QED) is 0.681. The van der Waals surface area contributed by atoms with Gasteiger partial charge in [-0.15, -0.1) is 0 Å². The lowest BCUT2D eigenvalue weighted by molar-refractivity contribution is -0.122. The number of rotatable bonds is 10. The first-order valence-electron chi connectivity index (χ1n) is 9.33. The molecule has 1 aromatic rings. The first kappa shape index (κ1) is 21.2. The van der Waals surface area contributed by atoms with Crippen LogP contribution in [0.4, 0.5) is 0 Å². The topological polar surface area (TPSA) is 76.0 Å². The van der Waals surface area contributed by atoms with Gasteiger partial charge in [-0.3, -0.25) is 14.3 Å². The summed E-state index contributed by atoms with van der Waals surface area (Å²) in [5, 5.41) is 10.3. The van der Waals surface area contributed by atoms with E-state index in [2.05, 4.69) is 36.5 Å². The van der Waals surface area contributed by atoms with E-state index >= 15 is 0 Å². The van der Waals surface area contributed by atoms with E-state index in [1.54, 1.807) is 0 Å². The van der Waals surface area contributed by atoms with E-state index < -0.39 is 0 Å². The van der Waals surface area contributed by atoms with E-state index in [9.17, 15) is 9.59 Å². The van der Waals surface area contributed by atoms with Crippen LogP contribution in [0.3, 0.4) is 0 Å². The second-order valence-electron chi connectivity index (χ2n) is 7.20. The van der Waals surface area contributed by atoms with Crippen LogP contribution in [0.15, 0.2) is 0 Å². The van der Waals surface area contributed by atoms with Gasteiger partial charge in [-0.2, -0.15) is 5.10 Å². The molecule has 0 radical (unpaired) electrons. The molecule has 0 aliphatic carbocycles. The van der Waals surface area contributed by atoms with Crippen LogP contribution in [0, 0.1) is 19.8 Å². The zero-order valence-corrected chi connectivity index (χ0v) is 16.6. The van der Waals surface area contributed by atoms with Crippen molar-refractivity contribution < 1.29 is 9.59 Å². The van der Waals surface area contributed by atoms with Crippen LogP contribution in [0.5, 0.6) is 0 Å². The summed E-state index contributed by atoms with van der Waals surface area (Å²) in [6, 6.07) is 0.177. The highest BCUT2D eigenvalue weighted by atomic mass is 16.2. The molecule has 1 aromatic heterocycles. The first-order valence-corrected chi connectivity index (χ1v) is 9.33. The minimum atomic E-state index is -0.0215. The SMILES string of the molecule is CCC(C)NC(=O)CCNC(=O)CCc1c(C)nn(CC(C)C)c1C.